The zero-order valence-electron chi connectivity index (χ0n) is 20.8. The van der Waals surface area contributed by atoms with Gasteiger partial charge >= 0.3 is 0 Å². The van der Waals surface area contributed by atoms with Gasteiger partial charge in [0.15, 0.2) is 0 Å². The number of rotatable bonds is 9. The summed E-state index contributed by atoms with van der Waals surface area (Å²) in [6.07, 6.45) is 5.09. The van der Waals surface area contributed by atoms with Crippen LogP contribution in [0.3, 0.4) is 0 Å². The maximum Gasteiger partial charge on any atom is 0.244 e. The molecule has 0 spiro atoms. The number of benzene rings is 2. The SMILES string of the molecule is Cc1ccc(N(CC(=O)N(Cc2ccc(Cl)cc2)[C@H](C)C(=O)NC2CCCC2)S(C)(=O)=O)c(C)c1. The summed E-state index contributed by atoms with van der Waals surface area (Å²) in [5.74, 6) is -0.698. The lowest BCUT2D eigenvalue weighted by Crippen LogP contribution is -2.52. The second kappa shape index (κ2) is 11.4. The molecule has 9 heteroatoms. The Hall–Kier alpha value is -2.58. The van der Waals surface area contributed by atoms with E-state index in [0.29, 0.717) is 10.7 Å². The lowest BCUT2D eigenvalue weighted by molar-refractivity contribution is -0.139. The predicted octanol–water partition coefficient (Wildman–Crippen LogP) is 4.20. The van der Waals surface area contributed by atoms with Gasteiger partial charge in [0.1, 0.15) is 12.6 Å². The van der Waals surface area contributed by atoms with Crippen molar-refractivity contribution in [2.45, 2.75) is 65.1 Å². The Bertz CT molecular complexity index is 1160. The first kappa shape index (κ1) is 27.0. The average molecular weight is 520 g/mol. The van der Waals surface area contributed by atoms with Crippen molar-refractivity contribution >= 4 is 39.1 Å². The van der Waals surface area contributed by atoms with E-state index in [4.69, 9.17) is 11.6 Å². The minimum atomic E-state index is -3.76. The quantitative estimate of drug-likeness (QED) is 0.538. The van der Waals surface area contributed by atoms with Crippen LogP contribution < -0.4 is 9.62 Å². The molecule has 2 aromatic carbocycles. The number of hydrogen-bond donors (Lipinski definition) is 1. The van der Waals surface area contributed by atoms with Crippen molar-refractivity contribution in [2.75, 3.05) is 17.1 Å². The first-order valence-electron chi connectivity index (χ1n) is 11.8. The van der Waals surface area contributed by atoms with Crippen LogP contribution in [0.5, 0.6) is 0 Å². The van der Waals surface area contributed by atoms with Crippen molar-refractivity contribution in [3.05, 3.63) is 64.2 Å². The van der Waals surface area contributed by atoms with Gasteiger partial charge in [-0.25, -0.2) is 8.42 Å². The molecule has 190 valence electrons. The Balaban J connectivity index is 1.89. The smallest absolute Gasteiger partial charge is 0.244 e. The monoisotopic (exact) mass is 519 g/mol. The van der Waals surface area contributed by atoms with Gasteiger partial charge in [0.2, 0.25) is 21.8 Å². The molecule has 35 heavy (non-hydrogen) atoms. The molecule has 1 N–H and O–H groups in total. The van der Waals surface area contributed by atoms with Crippen molar-refractivity contribution in [3.8, 4) is 0 Å². The molecule has 1 atom stereocenters. The fourth-order valence-electron chi connectivity index (χ4n) is 4.44. The second-order valence-electron chi connectivity index (χ2n) is 9.37. The van der Waals surface area contributed by atoms with Crippen molar-refractivity contribution in [2.24, 2.45) is 0 Å². The van der Waals surface area contributed by atoms with E-state index in [9.17, 15) is 18.0 Å². The molecule has 0 saturated heterocycles. The van der Waals surface area contributed by atoms with Crippen LogP contribution in [0.25, 0.3) is 0 Å². The molecule has 1 saturated carbocycles. The zero-order chi connectivity index (χ0) is 25.8. The molecular weight excluding hydrogens is 486 g/mol. The van der Waals surface area contributed by atoms with Crippen molar-refractivity contribution in [3.63, 3.8) is 0 Å². The highest BCUT2D eigenvalue weighted by atomic mass is 35.5. The minimum absolute atomic E-state index is 0.111. The van der Waals surface area contributed by atoms with Crippen LogP contribution >= 0.6 is 11.6 Å². The number of hydrogen-bond acceptors (Lipinski definition) is 4. The summed E-state index contributed by atoms with van der Waals surface area (Å²) in [6.45, 7) is 5.16. The van der Waals surface area contributed by atoms with Gasteiger partial charge in [-0.2, -0.15) is 0 Å². The van der Waals surface area contributed by atoms with E-state index in [1.807, 2.05) is 26.0 Å². The van der Waals surface area contributed by atoms with Crippen LogP contribution in [-0.4, -0.2) is 50.0 Å². The summed E-state index contributed by atoms with van der Waals surface area (Å²) >= 11 is 6.01. The van der Waals surface area contributed by atoms with Gasteiger partial charge in [0.05, 0.1) is 11.9 Å². The molecule has 0 bridgehead atoms. The highest BCUT2D eigenvalue weighted by molar-refractivity contribution is 7.92. The van der Waals surface area contributed by atoms with E-state index in [1.165, 1.54) is 4.90 Å². The van der Waals surface area contributed by atoms with Crippen LogP contribution in [0.4, 0.5) is 5.69 Å². The molecule has 0 heterocycles. The Morgan fingerprint density at radius 1 is 1.09 bits per heavy atom. The van der Waals surface area contributed by atoms with Crippen LogP contribution in [0.15, 0.2) is 42.5 Å². The number of aryl methyl sites for hydroxylation is 2. The largest absolute Gasteiger partial charge is 0.352 e. The number of amides is 2. The Morgan fingerprint density at radius 3 is 2.29 bits per heavy atom. The number of carbonyl (C=O) groups excluding carboxylic acids is 2. The number of carbonyl (C=O) groups is 2. The Labute approximate surface area is 213 Å². The van der Waals surface area contributed by atoms with Gasteiger partial charge in [0, 0.05) is 17.6 Å². The van der Waals surface area contributed by atoms with Gasteiger partial charge in [-0.05, 0) is 62.9 Å². The molecule has 0 radical (unpaired) electrons. The third-order valence-electron chi connectivity index (χ3n) is 6.44. The molecule has 0 unspecified atom stereocenters. The summed E-state index contributed by atoms with van der Waals surface area (Å²) in [7, 11) is -3.76. The standard InChI is InChI=1S/C26H34ClN3O4S/c1-18-9-14-24(19(2)15-18)30(35(4,33)34)17-25(31)29(16-21-10-12-22(27)13-11-21)20(3)26(32)28-23-7-5-6-8-23/h9-15,20,23H,5-8,16-17H2,1-4H3,(H,28,32)/t20-/m1/s1. The number of nitrogens with one attached hydrogen (secondary N) is 1. The number of anilines is 1. The Kier molecular flexibility index (Phi) is 8.83. The number of sulfonamides is 1. The second-order valence-corrected chi connectivity index (χ2v) is 11.7. The first-order chi connectivity index (χ1) is 16.5. The summed E-state index contributed by atoms with van der Waals surface area (Å²) in [6, 6.07) is 11.8. The van der Waals surface area contributed by atoms with E-state index in [-0.39, 0.29) is 18.5 Å². The van der Waals surface area contributed by atoms with Gasteiger partial charge in [-0.3, -0.25) is 13.9 Å². The zero-order valence-corrected chi connectivity index (χ0v) is 22.3. The maximum atomic E-state index is 13.6. The number of halogens is 1. The van der Waals surface area contributed by atoms with Crippen molar-refractivity contribution in [1.29, 1.82) is 0 Å². The van der Waals surface area contributed by atoms with E-state index in [1.54, 1.807) is 37.3 Å². The third-order valence-corrected chi connectivity index (χ3v) is 7.81. The van der Waals surface area contributed by atoms with Gasteiger partial charge in [-0.1, -0.05) is 54.3 Å². The highest BCUT2D eigenvalue weighted by Gasteiger charge is 2.31. The summed E-state index contributed by atoms with van der Waals surface area (Å²) in [5, 5.41) is 3.62. The third kappa shape index (κ3) is 7.21. The lowest BCUT2D eigenvalue weighted by Gasteiger charge is -2.32. The van der Waals surface area contributed by atoms with E-state index in [2.05, 4.69) is 5.32 Å². The fraction of sp³-hybridized carbons (Fsp3) is 0.462. The summed E-state index contributed by atoms with van der Waals surface area (Å²) in [5.41, 5.74) is 2.98. The Morgan fingerprint density at radius 2 is 1.71 bits per heavy atom. The van der Waals surface area contributed by atoms with Crippen LogP contribution in [0.2, 0.25) is 5.02 Å². The van der Waals surface area contributed by atoms with Gasteiger partial charge in [0.25, 0.3) is 0 Å². The number of nitrogens with zero attached hydrogens (tertiary/aromatic N) is 2. The average Bonchev–Trinajstić information content (AvgIpc) is 3.29. The summed E-state index contributed by atoms with van der Waals surface area (Å²) in [4.78, 5) is 28.1. The normalized spacial score (nSPS) is 15.0. The molecule has 0 aromatic heterocycles. The van der Waals surface area contributed by atoms with E-state index in [0.717, 1.165) is 52.9 Å². The maximum absolute atomic E-state index is 13.6. The summed E-state index contributed by atoms with van der Waals surface area (Å²) < 4.78 is 26.5. The molecule has 0 aliphatic heterocycles. The van der Waals surface area contributed by atoms with Crippen molar-refractivity contribution < 1.29 is 18.0 Å². The lowest BCUT2D eigenvalue weighted by atomic mass is 10.1. The first-order valence-corrected chi connectivity index (χ1v) is 14.1. The molecule has 1 aliphatic carbocycles. The van der Waals surface area contributed by atoms with E-state index < -0.39 is 28.5 Å². The molecule has 3 rings (SSSR count). The molecule has 2 aromatic rings. The van der Waals surface area contributed by atoms with Crippen LogP contribution in [-0.2, 0) is 26.2 Å². The molecule has 1 aliphatic rings. The minimum Gasteiger partial charge on any atom is -0.352 e. The van der Waals surface area contributed by atoms with Gasteiger partial charge in [-0.15, -0.1) is 0 Å². The fourth-order valence-corrected chi connectivity index (χ4v) is 5.47. The molecule has 1 fully saturated rings. The molecular formula is C26H34ClN3O4S. The van der Waals surface area contributed by atoms with Crippen molar-refractivity contribution in [1.82, 2.24) is 10.2 Å². The predicted molar refractivity (Wildman–Crippen MR) is 140 cm³/mol. The molecule has 7 nitrogen and oxygen atoms in total. The highest BCUT2D eigenvalue weighted by Crippen LogP contribution is 2.25. The topological polar surface area (TPSA) is 86.8 Å². The van der Waals surface area contributed by atoms with E-state index >= 15 is 0 Å². The van der Waals surface area contributed by atoms with Gasteiger partial charge < -0.3 is 10.2 Å². The van der Waals surface area contributed by atoms with Crippen LogP contribution in [0, 0.1) is 13.8 Å². The molecule has 2 amide bonds. The van der Waals surface area contributed by atoms with Crippen LogP contribution in [0.1, 0.15) is 49.3 Å².